The van der Waals surface area contributed by atoms with Crippen molar-refractivity contribution >= 4 is 31.3 Å². The van der Waals surface area contributed by atoms with Crippen LogP contribution in [0.3, 0.4) is 0 Å². The lowest BCUT2D eigenvalue weighted by molar-refractivity contribution is 0.0685. The highest BCUT2D eigenvalue weighted by Crippen LogP contribution is 2.18. The number of fused-ring (bicyclic) bond motifs is 1. The molecule has 0 amide bonds. The number of para-hydroxylation sites is 1. The Kier molecular flexibility index (Phi) is 3.36. The average Bonchev–Trinajstić information content (AvgIpc) is 2.73. The minimum atomic E-state index is -2.45. The Labute approximate surface area is 102 Å². The second-order valence-corrected chi connectivity index (χ2v) is 4.17. The number of carbonyl (C=O) groups is 1. The topological polar surface area (TPSA) is 115 Å². The molecule has 0 aliphatic rings. The van der Waals surface area contributed by atoms with Gasteiger partial charge in [0.25, 0.3) is 0 Å². The van der Waals surface area contributed by atoms with Crippen LogP contribution in [0.25, 0.3) is 17.1 Å². The highest BCUT2D eigenvalue weighted by Gasteiger charge is 2.11. The maximum Gasteiger partial charge on any atom is 0.639 e. The summed E-state index contributed by atoms with van der Waals surface area (Å²) in [7, 11) is -2.45. The van der Waals surface area contributed by atoms with E-state index in [1.807, 2.05) is 0 Å². The van der Waals surface area contributed by atoms with Gasteiger partial charge in [-0.15, -0.1) is 4.89 Å². The summed E-state index contributed by atoms with van der Waals surface area (Å²) in [6.07, 6.45) is 2.85. The van der Waals surface area contributed by atoms with Crippen LogP contribution in [0, 0.1) is 0 Å². The van der Waals surface area contributed by atoms with E-state index in [1.54, 1.807) is 18.2 Å². The van der Waals surface area contributed by atoms with E-state index in [9.17, 15) is 9.36 Å². The molecule has 0 aliphatic heterocycles. The molecule has 4 N–H and O–H groups in total. The van der Waals surface area contributed by atoms with E-state index in [1.165, 1.54) is 12.3 Å². The number of carboxylic acids is 1. The summed E-state index contributed by atoms with van der Waals surface area (Å²) < 4.78 is 10.4. The molecule has 2 rings (SSSR count). The molecule has 2 aromatic rings. The lowest BCUT2D eigenvalue weighted by Crippen LogP contribution is -1.97. The Bertz CT molecular complexity index is 650. The van der Waals surface area contributed by atoms with E-state index in [4.69, 9.17) is 10.00 Å². The smallest absolute Gasteiger partial charge is 0.475 e. The van der Waals surface area contributed by atoms with Crippen molar-refractivity contribution in [3.8, 4) is 0 Å². The third-order valence-electron chi connectivity index (χ3n) is 2.19. The molecular formula is C10H9N3O4P+. The van der Waals surface area contributed by atoms with Crippen LogP contribution in [0.15, 0.2) is 24.4 Å². The zero-order valence-electron chi connectivity index (χ0n) is 8.99. The monoisotopic (exact) mass is 266 g/mol. The average molecular weight is 266 g/mol. The quantitative estimate of drug-likeness (QED) is 0.623. The van der Waals surface area contributed by atoms with Crippen molar-refractivity contribution in [3.63, 3.8) is 0 Å². The summed E-state index contributed by atoms with van der Waals surface area (Å²) in [5.74, 6) is -1.29. The fourth-order valence-electron chi connectivity index (χ4n) is 1.48. The van der Waals surface area contributed by atoms with Gasteiger partial charge in [-0.2, -0.15) is 5.09 Å². The molecule has 0 spiro atoms. The van der Waals surface area contributed by atoms with Gasteiger partial charge in [-0.1, -0.05) is 12.1 Å². The lowest BCUT2D eigenvalue weighted by atomic mass is 10.2. The van der Waals surface area contributed by atoms with Crippen molar-refractivity contribution in [1.29, 1.82) is 0 Å². The minimum absolute atomic E-state index is 0.146. The molecule has 0 bridgehead atoms. The first kappa shape index (κ1) is 12.2. The third-order valence-corrected chi connectivity index (χ3v) is 2.56. The van der Waals surface area contributed by atoms with Crippen molar-refractivity contribution in [3.05, 3.63) is 35.8 Å². The van der Waals surface area contributed by atoms with Gasteiger partial charge in [-0.05, 0) is 16.7 Å². The van der Waals surface area contributed by atoms with E-state index < -0.39 is 14.1 Å². The van der Waals surface area contributed by atoms with E-state index in [0.29, 0.717) is 16.6 Å². The standard InChI is InChI=1S/C10H8N3O4P/c14-10(15)9-12-7-3-1-2-6(8(7)13-9)4-5-11-18(16)17/h1-5H,(H3-,11,12,13,14,15,16,17)/p+1/b5-4+. The van der Waals surface area contributed by atoms with Crippen LogP contribution in [0.4, 0.5) is 0 Å². The molecule has 1 aromatic heterocycles. The van der Waals surface area contributed by atoms with Gasteiger partial charge in [0.15, 0.2) is 0 Å². The van der Waals surface area contributed by atoms with Gasteiger partial charge in [0.1, 0.15) is 0 Å². The van der Waals surface area contributed by atoms with Gasteiger partial charge in [-0.3, -0.25) is 0 Å². The first-order chi connectivity index (χ1) is 8.58. The number of hydrogen-bond donors (Lipinski definition) is 4. The summed E-state index contributed by atoms with van der Waals surface area (Å²) in [6, 6.07) is 5.15. The maximum atomic E-state index is 10.8. The van der Waals surface area contributed by atoms with Crippen LogP contribution < -0.4 is 5.09 Å². The number of nitrogens with one attached hydrogen (secondary N) is 2. The number of rotatable bonds is 4. The molecule has 1 heterocycles. The van der Waals surface area contributed by atoms with Gasteiger partial charge in [-0.25, -0.2) is 9.78 Å². The Hall–Kier alpha value is -2.24. The number of carboxylic acid groups (broad SMARTS) is 1. The number of imidazole rings is 1. The zero-order valence-corrected chi connectivity index (χ0v) is 9.89. The maximum absolute atomic E-state index is 10.8. The van der Waals surface area contributed by atoms with Crippen molar-refractivity contribution in [2.75, 3.05) is 0 Å². The Morgan fingerprint density at radius 3 is 2.94 bits per heavy atom. The summed E-state index contributed by atoms with van der Waals surface area (Å²) in [5.41, 5.74) is 1.71. The molecule has 0 fully saturated rings. The molecule has 8 heteroatoms. The van der Waals surface area contributed by atoms with Crippen LogP contribution in [0.1, 0.15) is 16.2 Å². The van der Waals surface area contributed by atoms with Gasteiger partial charge in [0, 0.05) is 11.8 Å². The fraction of sp³-hybridized carbons (Fsp3) is 0. The molecule has 1 unspecified atom stereocenters. The van der Waals surface area contributed by atoms with Crippen LogP contribution in [-0.2, 0) is 4.57 Å². The van der Waals surface area contributed by atoms with Gasteiger partial charge < -0.3 is 10.1 Å². The van der Waals surface area contributed by atoms with Crippen LogP contribution in [0.2, 0.25) is 0 Å². The summed E-state index contributed by atoms with van der Waals surface area (Å²) in [5, 5.41) is 11.0. The number of benzene rings is 1. The Morgan fingerprint density at radius 1 is 1.50 bits per heavy atom. The Balaban J connectivity index is 2.41. The van der Waals surface area contributed by atoms with Crippen molar-refractivity contribution < 1.29 is 19.4 Å². The first-order valence-corrected chi connectivity index (χ1v) is 6.10. The number of hydrogen-bond acceptors (Lipinski definition) is 3. The van der Waals surface area contributed by atoms with E-state index in [-0.39, 0.29) is 5.82 Å². The number of H-pyrrole nitrogens is 1. The second-order valence-electron chi connectivity index (χ2n) is 3.37. The van der Waals surface area contributed by atoms with Crippen molar-refractivity contribution in [2.45, 2.75) is 0 Å². The van der Waals surface area contributed by atoms with Crippen LogP contribution in [-0.4, -0.2) is 25.9 Å². The number of aromatic carboxylic acids is 1. The van der Waals surface area contributed by atoms with Crippen molar-refractivity contribution in [1.82, 2.24) is 15.1 Å². The van der Waals surface area contributed by atoms with Crippen LogP contribution >= 0.6 is 8.18 Å². The molecule has 0 aliphatic carbocycles. The molecule has 1 aromatic carbocycles. The van der Waals surface area contributed by atoms with Gasteiger partial charge in [0.2, 0.25) is 5.82 Å². The predicted molar refractivity (Wildman–Crippen MR) is 65.0 cm³/mol. The van der Waals surface area contributed by atoms with Crippen LogP contribution in [0.5, 0.6) is 0 Å². The first-order valence-electron chi connectivity index (χ1n) is 4.89. The molecule has 0 saturated heterocycles. The molecule has 92 valence electrons. The number of aromatic amines is 1. The molecular weight excluding hydrogens is 257 g/mol. The normalized spacial score (nSPS) is 11.9. The number of aromatic nitrogens is 2. The lowest BCUT2D eigenvalue weighted by Gasteiger charge is -1.93. The molecule has 0 radical (unpaired) electrons. The SMILES string of the molecule is O=C(O)c1nc2c(/C=C/N[P+](=O)O)cccc2[nH]1. The van der Waals surface area contributed by atoms with E-state index >= 15 is 0 Å². The highest BCUT2D eigenvalue weighted by molar-refractivity contribution is 7.35. The van der Waals surface area contributed by atoms with E-state index in [2.05, 4.69) is 15.1 Å². The zero-order chi connectivity index (χ0) is 13.1. The van der Waals surface area contributed by atoms with Gasteiger partial charge in [0.05, 0.1) is 11.0 Å². The van der Waals surface area contributed by atoms with Crippen molar-refractivity contribution in [2.24, 2.45) is 0 Å². The molecule has 18 heavy (non-hydrogen) atoms. The molecule has 1 atom stereocenters. The minimum Gasteiger partial charge on any atom is -0.475 e. The Morgan fingerprint density at radius 2 is 2.28 bits per heavy atom. The molecule has 7 nitrogen and oxygen atoms in total. The third kappa shape index (κ3) is 2.53. The van der Waals surface area contributed by atoms with Gasteiger partial charge >= 0.3 is 14.1 Å². The predicted octanol–water partition coefficient (Wildman–Crippen LogP) is 1.47. The largest absolute Gasteiger partial charge is 0.639 e. The summed E-state index contributed by atoms with van der Waals surface area (Å²) >= 11 is 0. The fourth-order valence-corrected chi connectivity index (χ4v) is 1.68. The van der Waals surface area contributed by atoms with E-state index in [0.717, 1.165) is 0 Å². The highest BCUT2D eigenvalue weighted by atomic mass is 31.1. The molecule has 0 saturated carbocycles. The summed E-state index contributed by atoms with van der Waals surface area (Å²) in [6.45, 7) is 0. The number of nitrogens with zero attached hydrogens (tertiary/aromatic N) is 1. The summed E-state index contributed by atoms with van der Waals surface area (Å²) in [4.78, 5) is 26.0. The second kappa shape index (κ2) is 4.95.